The van der Waals surface area contributed by atoms with Crippen LogP contribution in [-0.2, 0) is 4.79 Å². The molecule has 162 valence electrons. The summed E-state index contributed by atoms with van der Waals surface area (Å²) in [6, 6.07) is 11.8. The van der Waals surface area contributed by atoms with Crippen molar-refractivity contribution >= 4 is 29.3 Å². The minimum absolute atomic E-state index is 0.0431. The lowest BCUT2D eigenvalue weighted by Crippen LogP contribution is -2.62. The zero-order valence-electron chi connectivity index (χ0n) is 17.6. The molecule has 0 spiro atoms. The molecule has 0 bridgehead atoms. The SMILES string of the molecule is CC(=O)NC1(C(CNC(=O)O)c2cccc(C(C)C)c2)C(=O)c2cccc(N)c2C1=O. The number of amides is 2. The zero-order chi connectivity index (χ0) is 22.9. The van der Waals surface area contributed by atoms with Crippen molar-refractivity contribution in [1.29, 1.82) is 0 Å². The third-order valence-electron chi connectivity index (χ3n) is 5.62. The Bertz CT molecular complexity index is 1080. The molecule has 0 fully saturated rings. The van der Waals surface area contributed by atoms with Crippen molar-refractivity contribution in [3.05, 3.63) is 64.7 Å². The van der Waals surface area contributed by atoms with Gasteiger partial charge >= 0.3 is 6.09 Å². The van der Waals surface area contributed by atoms with Crippen molar-refractivity contribution in [1.82, 2.24) is 10.6 Å². The lowest BCUT2D eigenvalue weighted by molar-refractivity contribution is -0.120. The van der Waals surface area contributed by atoms with Crippen LogP contribution in [0.1, 0.15) is 64.4 Å². The number of benzene rings is 2. The Balaban J connectivity index is 2.26. The van der Waals surface area contributed by atoms with Crippen molar-refractivity contribution in [3.63, 3.8) is 0 Å². The fourth-order valence-corrected chi connectivity index (χ4v) is 4.17. The van der Waals surface area contributed by atoms with Gasteiger partial charge in [-0.15, -0.1) is 0 Å². The van der Waals surface area contributed by atoms with E-state index in [4.69, 9.17) is 5.73 Å². The van der Waals surface area contributed by atoms with Crippen molar-refractivity contribution in [3.8, 4) is 0 Å². The Kier molecular flexibility index (Phi) is 5.83. The largest absolute Gasteiger partial charge is 0.465 e. The number of hydrogen-bond donors (Lipinski definition) is 4. The van der Waals surface area contributed by atoms with Gasteiger partial charge in [0, 0.05) is 30.6 Å². The second-order valence-corrected chi connectivity index (χ2v) is 7.98. The van der Waals surface area contributed by atoms with Crippen LogP contribution in [-0.4, -0.2) is 40.8 Å². The third kappa shape index (κ3) is 3.76. The summed E-state index contributed by atoms with van der Waals surface area (Å²) in [6.07, 6.45) is -1.31. The van der Waals surface area contributed by atoms with Crippen molar-refractivity contribution in [2.75, 3.05) is 12.3 Å². The number of ketones is 2. The van der Waals surface area contributed by atoms with E-state index >= 15 is 0 Å². The van der Waals surface area contributed by atoms with E-state index < -0.39 is 35.0 Å². The van der Waals surface area contributed by atoms with Gasteiger partial charge in [-0.3, -0.25) is 14.4 Å². The highest BCUT2D eigenvalue weighted by Gasteiger charge is 2.59. The number of anilines is 1. The van der Waals surface area contributed by atoms with E-state index in [0.717, 1.165) is 5.56 Å². The average Bonchev–Trinajstić information content (AvgIpc) is 2.91. The van der Waals surface area contributed by atoms with Gasteiger partial charge in [0.25, 0.3) is 0 Å². The number of nitrogens with two attached hydrogens (primary N) is 1. The number of nitrogens with one attached hydrogen (secondary N) is 2. The molecule has 8 nitrogen and oxygen atoms in total. The molecular formula is C23H25N3O5. The van der Waals surface area contributed by atoms with Gasteiger partial charge in [0.1, 0.15) is 0 Å². The number of carboxylic acid groups (broad SMARTS) is 1. The lowest BCUT2D eigenvalue weighted by atomic mass is 9.74. The van der Waals surface area contributed by atoms with Gasteiger partial charge in [-0.2, -0.15) is 0 Å². The minimum atomic E-state index is -2.01. The number of Topliss-reactive ketones (excluding diaryl/α,β-unsaturated/α-hetero) is 2. The highest BCUT2D eigenvalue weighted by Crippen LogP contribution is 2.42. The van der Waals surface area contributed by atoms with E-state index in [1.54, 1.807) is 18.2 Å². The molecule has 1 aliphatic carbocycles. The first-order valence-electron chi connectivity index (χ1n) is 9.93. The Morgan fingerprint density at radius 1 is 1.06 bits per heavy atom. The molecule has 3 rings (SSSR count). The second-order valence-electron chi connectivity index (χ2n) is 7.98. The first kappa shape index (κ1) is 22.0. The van der Waals surface area contributed by atoms with E-state index in [9.17, 15) is 24.3 Å². The molecule has 31 heavy (non-hydrogen) atoms. The van der Waals surface area contributed by atoms with Crippen LogP contribution >= 0.6 is 0 Å². The first-order valence-corrected chi connectivity index (χ1v) is 9.93. The van der Waals surface area contributed by atoms with Gasteiger partial charge in [-0.05, 0) is 23.1 Å². The Hall–Kier alpha value is -3.68. The van der Waals surface area contributed by atoms with Crippen LogP contribution in [0.4, 0.5) is 10.5 Å². The molecule has 0 heterocycles. The molecule has 0 aromatic heterocycles. The molecule has 2 aromatic carbocycles. The standard InChI is InChI=1S/C23H25N3O5/c1-12(2)14-6-4-7-15(10-14)17(11-25-22(30)31)23(26-13(3)27)20(28)16-8-5-9-18(24)19(16)21(23)29/h4-10,12,17,25H,11,24H2,1-3H3,(H,26,27)(H,30,31). The second kappa shape index (κ2) is 8.22. The maximum absolute atomic E-state index is 13.7. The van der Waals surface area contributed by atoms with Crippen molar-refractivity contribution < 1.29 is 24.3 Å². The van der Waals surface area contributed by atoms with Crippen LogP contribution in [0.3, 0.4) is 0 Å². The summed E-state index contributed by atoms with van der Waals surface area (Å²) < 4.78 is 0. The monoisotopic (exact) mass is 423 g/mol. The molecule has 5 N–H and O–H groups in total. The molecule has 0 saturated heterocycles. The van der Waals surface area contributed by atoms with Crippen LogP contribution in [0, 0.1) is 0 Å². The van der Waals surface area contributed by atoms with E-state index in [1.165, 1.54) is 19.1 Å². The summed E-state index contributed by atoms with van der Waals surface area (Å²) >= 11 is 0. The summed E-state index contributed by atoms with van der Waals surface area (Å²) in [4.78, 5) is 50.8. The summed E-state index contributed by atoms with van der Waals surface area (Å²) in [7, 11) is 0. The highest BCUT2D eigenvalue weighted by atomic mass is 16.4. The van der Waals surface area contributed by atoms with Crippen LogP contribution in [0.25, 0.3) is 0 Å². The molecule has 2 aromatic rings. The van der Waals surface area contributed by atoms with Gasteiger partial charge in [0.15, 0.2) is 17.1 Å². The van der Waals surface area contributed by atoms with E-state index in [0.29, 0.717) is 5.56 Å². The molecule has 0 aliphatic heterocycles. The minimum Gasteiger partial charge on any atom is -0.465 e. The van der Waals surface area contributed by atoms with Crippen molar-refractivity contribution in [2.45, 2.75) is 38.1 Å². The highest BCUT2D eigenvalue weighted by molar-refractivity contribution is 6.36. The van der Waals surface area contributed by atoms with Crippen molar-refractivity contribution in [2.24, 2.45) is 0 Å². The number of carbonyl (C=O) groups excluding carboxylic acids is 3. The summed E-state index contributed by atoms with van der Waals surface area (Å²) in [6.45, 7) is 4.94. The lowest BCUT2D eigenvalue weighted by Gasteiger charge is -2.35. The fourth-order valence-electron chi connectivity index (χ4n) is 4.17. The van der Waals surface area contributed by atoms with Crippen LogP contribution in [0.15, 0.2) is 42.5 Å². The van der Waals surface area contributed by atoms with E-state index in [2.05, 4.69) is 10.6 Å². The van der Waals surface area contributed by atoms with Crippen LogP contribution < -0.4 is 16.4 Å². The first-order chi connectivity index (χ1) is 14.6. The predicted molar refractivity (Wildman–Crippen MR) is 115 cm³/mol. The summed E-state index contributed by atoms with van der Waals surface area (Å²) in [5, 5.41) is 14.1. The zero-order valence-corrected chi connectivity index (χ0v) is 17.6. The molecule has 0 radical (unpaired) electrons. The molecule has 2 atom stereocenters. The number of nitrogen functional groups attached to an aromatic ring is 1. The molecule has 0 saturated carbocycles. The summed E-state index contributed by atoms with van der Waals surface area (Å²) in [5.74, 6) is -2.67. The maximum Gasteiger partial charge on any atom is 0.404 e. The van der Waals surface area contributed by atoms with Gasteiger partial charge in [0.2, 0.25) is 5.91 Å². The predicted octanol–water partition coefficient (Wildman–Crippen LogP) is 2.70. The molecule has 2 amide bonds. The molecule has 1 aliphatic rings. The molecule has 8 heteroatoms. The Labute approximate surface area is 179 Å². The fraction of sp³-hybridized carbons (Fsp3) is 0.304. The normalized spacial score (nSPS) is 18.6. The number of hydrogen-bond acceptors (Lipinski definition) is 5. The van der Waals surface area contributed by atoms with E-state index in [1.807, 2.05) is 26.0 Å². The average molecular weight is 423 g/mol. The van der Waals surface area contributed by atoms with Gasteiger partial charge in [0.05, 0.1) is 5.56 Å². The number of rotatable bonds is 6. The van der Waals surface area contributed by atoms with Crippen LogP contribution in [0.5, 0.6) is 0 Å². The number of carbonyl (C=O) groups is 4. The molecular weight excluding hydrogens is 398 g/mol. The molecule has 2 unspecified atom stereocenters. The third-order valence-corrected chi connectivity index (χ3v) is 5.62. The smallest absolute Gasteiger partial charge is 0.404 e. The quantitative estimate of drug-likeness (QED) is 0.416. The maximum atomic E-state index is 13.7. The van der Waals surface area contributed by atoms with Gasteiger partial charge < -0.3 is 21.5 Å². The topological polar surface area (TPSA) is 139 Å². The Morgan fingerprint density at radius 3 is 2.29 bits per heavy atom. The number of fused-ring (bicyclic) bond motifs is 1. The van der Waals surface area contributed by atoms with Gasteiger partial charge in [-0.1, -0.05) is 50.2 Å². The van der Waals surface area contributed by atoms with Crippen LogP contribution in [0.2, 0.25) is 0 Å². The Morgan fingerprint density at radius 2 is 1.71 bits per heavy atom. The summed E-state index contributed by atoms with van der Waals surface area (Å²) in [5.41, 5.74) is 5.78. The van der Waals surface area contributed by atoms with E-state index in [-0.39, 0.29) is 29.3 Å². The van der Waals surface area contributed by atoms with Gasteiger partial charge in [-0.25, -0.2) is 4.79 Å².